The van der Waals surface area contributed by atoms with E-state index in [1.807, 2.05) is 0 Å². The van der Waals surface area contributed by atoms with Crippen molar-refractivity contribution in [2.24, 2.45) is 10.2 Å². The van der Waals surface area contributed by atoms with Gasteiger partial charge in [0.15, 0.2) is 0 Å². The molecule has 0 heterocycles. The largest absolute Gasteiger partial charge is 0.301 e. The molecular formula is C5H9F2N3. The van der Waals surface area contributed by atoms with Gasteiger partial charge in [-0.3, -0.25) is 0 Å². The molecule has 58 valence electrons. The Morgan fingerprint density at radius 3 is 2.30 bits per heavy atom. The summed E-state index contributed by atoms with van der Waals surface area (Å²) in [6.45, 7) is 1.40. The molecule has 0 radical (unpaired) electrons. The summed E-state index contributed by atoms with van der Waals surface area (Å²) in [5, 5.41) is 13.4. The van der Waals surface area contributed by atoms with Crippen LogP contribution in [0.5, 0.6) is 0 Å². The quantitative estimate of drug-likeness (QED) is 0.469. The highest BCUT2D eigenvalue weighted by Gasteiger charge is 2.17. The van der Waals surface area contributed by atoms with E-state index in [0.29, 0.717) is 0 Å². The van der Waals surface area contributed by atoms with Crippen LogP contribution >= 0.6 is 0 Å². The standard InChI is InChI=1S/C5H9F2N3/c1-3(10-9-2)4(8)5(6)7/h3,5,8H,1-2H3. The second-order valence-corrected chi connectivity index (χ2v) is 1.75. The van der Waals surface area contributed by atoms with Crippen LogP contribution in [0.25, 0.3) is 0 Å². The van der Waals surface area contributed by atoms with Gasteiger partial charge in [-0.2, -0.15) is 10.2 Å². The fourth-order valence-electron chi connectivity index (χ4n) is 0.418. The highest BCUT2D eigenvalue weighted by Crippen LogP contribution is 2.02. The maximum absolute atomic E-state index is 11.7. The third kappa shape index (κ3) is 2.61. The molecule has 0 amide bonds. The SMILES string of the molecule is CN=NC(C)C(=N)C(F)F. The van der Waals surface area contributed by atoms with E-state index in [4.69, 9.17) is 5.41 Å². The summed E-state index contributed by atoms with van der Waals surface area (Å²) >= 11 is 0. The summed E-state index contributed by atoms with van der Waals surface area (Å²) in [4.78, 5) is 0. The molecule has 0 rings (SSSR count). The van der Waals surface area contributed by atoms with Crippen molar-refractivity contribution in [3.8, 4) is 0 Å². The average Bonchev–Trinajstić information content (AvgIpc) is 1.87. The van der Waals surface area contributed by atoms with Crippen LogP contribution in [0.2, 0.25) is 0 Å². The Morgan fingerprint density at radius 2 is 2.00 bits per heavy atom. The molecule has 1 atom stereocenters. The summed E-state index contributed by atoms with van der Waals surface area (Å²) in [6.07, 6.45) is -2.72. The molecule has 1 N–H and O–H groups in total. The molecule has 0 fully saturated rings. The summed E-state index contributed by atoms with van der Waals surface area (Å²) in [5.74, 6) is 0. The van der Waals surface area contributed by atoms with Crippen LogP contribution in [0.3, 0.4) is 0 Å². The molecule has 0 aromatic heterocycles. The minimum Gasteiger partial charge on any atom is -0.301 e. The lowest BCUT2D eigenvalue weighted by molar-refractivity contribution is 0.220. The predicted molar refractivity (Wildman–Crippen MR) is 34.0 cm³/mol. The molecule has 3 nitrogen and oxygen atoms in total. The molecular weight excluding hydrogens is 140 g/mol. The van der Waals surface area contributed by atoms with E-state index in [1.165, 1.54) is 14.0 Å². The fourth-order valence-corrected chi connectivity index (χ4v) is 0.418. The maximum atomic E-state index is 11.7. The Bertz CT molecular complexity index is 144. The number of hydrogen-bond donors (Lipinski definition) is 1. The molecule has 0 spiro atoms. The first-order valence-corrected chi connectivity index (χ1v) is 2.75. The zero-order valence-corrected chi connectivity index (χ0v) is 5.81. The van der Waals surface area contributed by atoms with Gasteiger partial charge in [0.1, 0.15) is 11.8 Å². The van der Waals surface area contributed by atoms with E-state index in [-0.39, 0.29) is 0 Å². The van der Waals surface area contributed by atoms with E-state index in [0.717, 1.165) is 0 Å². The Morgan fingerprint density at radius 1 is 1.50 bits per heavy atom. The smallest absolute Gasteiger partial charge is 0.278 e. The van der Waals surface area contributed by atoms with E-state index in [9.17, 15) is 8.78 Å². The van der Waals surface area contributed by atoms with Crippen LogP contribution in [-0.4, -0.2) is 25.2 Å². The van der Waals surface area contributed by atoms with Crippen molar-refractivity contribution in [2.45, 2.75) is 19.4 Å². The second-order valence-electron chi connectivity index (χ2n) is 1.75. The van der Waals surface area contributed by atoms with Crippen molar-refractivity contribution in [1.82, 2.24) is 0 Å². The van der Waals surface area contributed by atoms with Crippen LogP contribution in [-0.2, 0) is 0 Å². The van der Waals surface area contributed by atoms with Crippen molar-refractivity contribution >= 4 is 5.71 Å². The Kier molecular flexibility index (Phi) is 3.68. The number of rotatable bonds is 3. The molecule has 0 aliphatic carbocycles. The van der Waals surface area contributed by atoms with Gasteiger partial charge in [0.05, 0.1) is 0 Å². The molecule has 0 aliphatic rings. The van der Waals surface area contributed by atoms with Gasteiger partial charge >= 0.3 is 0 Å². The first-order valence-electron chi connectivity index (χ1n) is 2.75. The summed E-state index contributed by atoms with van der Waals surface area (Å²) in [5.41, 5.74) is -0.689. The monoisotopic (exact) mass is 149 g/mol. The second kappa shape index (κ2) is 4.03. The van der Waals surface area contributed by atoms with Crippen molar-refractivity contribution in [3.63, 3.8) is 0 Å². The molecule has 0 saturated carbocycles. The molecule has 0 aromatic rings. The predicted octanol–water partition coefficient (Wildman–Crippen LogP) is 1.74. The molecule has 10 heavy (non-hydrogen) atoms. The van der Waals surface area contributed by atoms with Crippen molar-refractivity contribution in [3.05, 3.63) is 0 Å². The van der Waals surface area contributed by atoms with Gasteiger partial charge in [-0.05, 0) is 6.92 Å². The average molecular weight is 149 g/mol. The fraction of sp³-hybridized carbons (Fsp3) is 0.800. The Labute approximate surface area is 57.7 Å². The van der Waals surface area contributed by atoms with Gasteiger partial charge in [-0.15, -0.1) is 0 Å². The van der Waals surface area contributed by atoms with Crippen molar-refractivity contribution in [1.29, 1.82) is 5.41 Å². The van der Waals surface area contributed by atoms with Crippen LogP contribution in [0, 0.1) is 5.41 Å². The molecule has 0 aromatic carbocycles. The highest BCUT2D eigenvalue weighted by atomic mass is 19.3. The minimum atomic E-state index is -2.72. The first kappa shape index (κ1) is 9.13. The summed E-state index contributed by atoms with van der Waals surface area (Å²) in [6, 6.07) is -0.801. The molecule has 1 unspecified atom stereocenters. The lowest BCUT2D eigenvalue weighted by Gasteiger charge is -2.03. The Hall–Kier alpha value is -0.870. The maximum Gasteiger partial charge on any atom is 0.278 e. The van der Waals surface area contributed by atoms with Crippen molar-refractivity contribution < 1.29 is 8.78 Å². The topological polar surface area (TPSA) is 48.6 Å². The number of nitrogens with zero attached hydrogens (tertiary/aromatic N) is 2. The molecule has 0 saturated heterocycles. The first-order chi connectivity index (χ1) is 4.59. The van der Waals surface area contributed by atoms with Crippen LogP contribution in [0.4, 0.5) is 8.78 Å². The van der Waals surface area contributed by atoms with Gasteiger partial charge in [0.25, 0.3) is 6.43 Å². The zero-order chi connectivity index (χ0) is 8.15. The summed E-state index contributed by atoms with van der Waals surface area (Å²) in [7, 11) is 1.38. The van der Waals surface area contributed by atoms with Crippen LogP contribution in [0.1, 0.15) is 6.92 Å². The Balaban J connectivity index is 3.95. The molecule has 0 bridgehead atoms. The van der Waals surface area contributed by atoms with E-state index in [2.05, 4.69) is 10.2 Å². The number of hydrogen-bond acceptors (Lipinski definition) is 3. The number of halogens is 2. The molecule has 5 heteroatoms. The van der Waals surface area contributed by atoms with E-state index < -0.39 is 18.2 Å². The number of alkyl halides is 2. The number of nitrogens with one attached hydrogen (secondary N) is 1. The highest BCUT2D eigenvalue weighted by molar-refractivity contribution is 5.89. The van der Waals surface area contributed by atoms with E-state index >= 15 is 0 Å². The van der Waals surface area contributed by atoms with E-state index in [1.54, 1.807) is 0 Å². The van der Waals surface area contributed by atoms with Crippen molar-refractivity contribution in [2.75, 3.05) is 7.05 Å². The van der Waals surface area contributed by atoms with Gasteiger partial charge in [-0.1, -0.05) is 0 Å². The normalized spacial score (nSPS) is 14.5. The zero-order valence-electron chi connectivity index (χ0n) is 5.81. The van der Waals surface area contributed by atoms with Crippen LogP contribution < -0.4 is 0 Å². The van der Waals surface area contributed by atoms with Gasteiger partial charge in [0.2, 0.25) is 0 Å². The van der Waals surface area contributed by atoms with Crippen LogP contribution in [0.15, 0.2) is 10.2 Å². The third-order valence-electron chi connectivity index (χ3n) is 0.974. The summed E-state index contributed by atoms with van der Waals surface area (Å²) < 4.78 is 23.4. The molecule has 0 aliphatic heterocycles. The lowest BCUT2D eigenvalue weighted by Crippen LogP contribution is -2.21. The van der Waals surface area contributed by atoms with Gasteiger partial charge in [-0.25, -0.2) is 8.78 Å². The lowest BCUT2D eigenvalue weighted by atomic mass is 10.2. The number of azo groups is 1. The minimum absolute atomic E-state index is 0.689. The third-order valence-corrected chi connectivity index (χ3v) is 0.974. The van der Waals surface area contributed by atoms with Gasteiger partial charge < -0.3 is 5.41 Å². The van der Waals surface area contributed by atoms with Gasteiger partial charge in [0, 0.05) is 7.05 Å².